The third kappa shape index (κ3) is 2.62. The van der Waals surface area contributed by atoms with E-state index in [-0.39, 0.29) is 0 Å². The van der Waals surface area contributed by atoms with E-state index >= 15 is 0 Å². The number of rotatable bonds is 3. The molecule has 2 rings (SSSR count). The van der Waals surface area contributed by atoms with Crippen molar-refractivity contribution in [3.05, 3.63) is 24.2 Å². The number of amidine groups is 1. The lowest BCUT2D eigenvalue weighted by Gasteiger charge is -2.13. The monoisotopic (exact) mass is 192 g/mol. The van der Waals surface area contributed by atoms with Crippen molar-refractivity contribution < 1.29 is 4.42 Å². The zero-order valence-electron chi connectivity index (χ0n) is 8.33. The summed E-state index contributed by atoms with van der Waals surface area (Å²) < 4.78 is 5.24. The third-order valence-electron chi connectivity index (χ3n) is 2.40. The van der Waals surface area contributed by atoms with Gasteiger partial charge in [-0.3, -0.25) is 4.99 Å². The van der Waals surface area contributed by atoms with Crippen LogP contribution in [-0.2, 0) is 6.42 Å². The maximum atomic E-state index is 5.24. The summed E-state index contributed by atoms with van der Waals surface area (Å²) in [5.41, 5.74) is 0. The molecule has 0 radical (unpaired) electrons. The Morgan fingerprint density at radius 3 is 3.14 bits per heavy atom. The maximum absolute atomic E-state index is 5.24. The molecule has 0 atom stereocenters. The molecule has 3 heteroatoms. The molecule has 1 aromatic rings. The number of hydrogen-bond acceptors (Lipinski definition) is 3. The number of aliphatic imine (C=N–C) groups is 1. The van der Waals surface area contributed by atoms with Crippen LogP contribution in [0.15, 0.2) is 27.8 Å². The smallest absolute Gasteiger partial charge is 0.105 e. The number of nitrogens with one attached hydrogen (secondary N) is 1. The highest BCUT2D eigenvalue weighted by molar-refractivity contribution is 5.82. The first-order valence-corrected chi connectivity index (χ1v) is 5.25. The van der Waals surface area contributed by atoms with Gasteiger partial charge in [-0.1, -0.05) is 0 Å². The van der Waals surface area contributed by atoms with Crippen molar-refractivity contribution in [1.29, 1.82) is 0 Å². The second-order valence-electron chi connectivity index (χ2n) is 3.54. The molecule has 2 heterocycles. The van der Waals surface area contributed by atoms with Gasteiger partial charge in [0.25, 0.3) is 0 Å². The van der Waals surface area contributed by atoms with Crippen LogP contribution >= 0.6 is 0 Å². The predicted octanol–water partition coefficient (Wildman–Crippen LogP) is 1.99. The van der Waals surface area contributed by atoms with Gasteiger partial charge in [0.05, 0.1) is 12.1 Å². The largest absolute Gasteiger partial charge is 0.469 e. The van der Waals surface area contributed by atoms with Crippen molar-refractivity contribution >= 4 is 5.84 Å². The SMILES string of the molecule is c1coc(CCNC2=NCCCC2)c1. The van der Waals surface area contributed by atoms with Gasteiger partial charge < -0.3 is 9.73 Å². The van der Waals surface area contributed by atoms with Gasteiger partial charge in [0.15, 0.2) is 0 Å². The summed E-state index contributed by atoms with van der Waals surface area (Å²) in [5, 5.41) is 3.35. The Kier molecular flexibility index (Phi) is 3.22. The number of nitrogens with zero attached hydrogens (tertiary/aromatic N) is 1. The fourth-order valence-corrected chi connectivity index (χ4v) is 1.63. The maximum Gasteiger partial charge on any atom is 0.105 e. The molecular formula is C11H16N2O. The Morgan fingerprint density at radius 1 is 1.43 bits per heavy atom. The molecule has 1 aliphatic rings. The highest BCUT2D eigenvalue weighted by atomic mass is 16.3. The van der Waals surface area contributed by atoms with Crippen LogP contribution in [0, 0.1) is 0 Å². The molecule has 0 aromatic carbocycles. The van der Waals surface area contributed by atoms with Crippen LogP contribution < -0.4 is 5.32 Å². The van der Waals surface area contributed by atoms with E-state index < -0.39 is 0 Å². The molecule has 1 aliphatic heterocycles. The van der Waals surface area contributed by atoms with Crippen LogP contribution in [0.2, 0.25) is 0 Å². The van der Waals surface area contributed by atoms with E-state index in [9.17, 15) is 0 Å². The molecule has 1 N–H and O–H groups in total. The summed E-state index contributed by atoms with van der Waals surface area (Å²) in [5.74, 6) is 2.21. The van der Waals surface area contributed by atoms with E-state index in [2.05, 4.69) is 10.3 Å². The summed E-state index contributed by atoms with van der Waals surface area (Å²) in [6.45, 7) is 1.91. The fraction of sp³-hybridized carbons (Fsp3) is 0.545. The Bertz CT molecular complexity index is 290. The predicted molar refractivity (Wildman–Crippen MR) is 56.6 cm³/mol. The average Bonchev–Trinajstić information content (AvgIpc) is 2.72. The minimum atomic E-state index is 0.923. The van der Waals surface area contributed by atoms with Gasteiger partial charge in [-0.05, 0) is 25.0 Å². The first-order valence-electron chi connectivity index (χ1n) is 5.25. The van der Waals surface area contributed by atoms with Crippen LogP contribution in [0.5, 0.6) is 0 Å². The second kappa shape index (κ2) is 4.84. The van der Waals surface area contributed by atoms with Crippen LogP contribution in [-0.4, -0.2) is 18.9 Å². The lowest BCUT2D eigenvalue weighted by atomic mass is 10.2. The van der Waals surface area contributed by atoms with E-state index in [0.717, 1.165) is 31.7 Å². The summed E-state index contributed by atoms with van der Waals surface area (Å²) in [7, 11) is 0. The molecule has 0 bridgehead atoms. The van der Waals surface area contributed by atoms with Crippen molar-refractivity contribution in [3.63, 3.8) is 0 Å². The molecule has 76 valence electrons. The highest BCUT2D eigenvalue weighted by Crippen LogP contribution is 2.04. The van der Waals surface area contributed by atoms with Crippen molar-refractivity contribution in [1.82, 2.24) is 5.32 Å². The molecule has 0 saturated carbocycles. The molecule has 1 aromatic heterocycles. The van der Waals surface area contributed by atoms with Gasteiger partial charge in [-0.25, -0.2) is 0 Å². The molecular weight excluding hydrogens is 176 g/mol. The molecule has 0 amide bonds. The normalized spacial score (nSPS) is 16.4. The first kappa shape index (κ1) is 9.31. The number of hydrogen-bond donors (Lipinski definition) is 1. The molecule has 0 saturated heterocycles. The summed E-state index contributed by atoms with van der Waals surface area (Å²) in [6.07, 6.45) is 6.27. The first-order chi connectivity index (χ1) is 6.95. The minimum absolute atomic E-state index is 0.923. The van der Waals surface area contributed by atoms with Gasteiger partial charge >= 0.3 is 0 Å². The zero-order valence-corrected chi connectivity index (χ0v) is 8.33. The minimum Gasteiger partial charge on any atom is -0.469 e. The summed E-state index contributed by atoms with van der Waals surface area (Å²) in [6, 6.07) is 3.93. The van der Waals surface area contributed by atoms with Crippen molar-refractivity contribution in [2.24, 2.45) is 4.99 Å². The summed E-state index contributed by atoms with van der Waals surface area (Å²) in [4.78, 5) is 4.42. The molecule has 0 aliphatic carbocycles. The van der Waals surface area contributed by atoms with Gasteiger partial charge in [-0.15, -0.1) is 0 Å². The van der Waals surface area contributed by atoms with Gasteiger partial charge in [0, 0.05) is 25.9 Å². The van der Waals surface area contributed by atoms with Crippen LogP contribution in [0.4, 0.5) is 0 Å². The molecule has 0 fully saturated rings. The van der Waals surface area contributed by atoms with E-state index in [1.807, 2.05) is 12.1 Å². The Hall–Kier alpha value is -1.25. The Labute approximate surface area is 84.2 Å². The van der Waals surface area contributed by atoms with Crippen LogP contribution in [0.25, 0.3) is 0 Å². The lowest BCUT2D eigenvalue weighted by molar-refractivity contribution is 0.506. The van der Waals surface area contributed by atoms with E-state index in [1.54, 1.807) is 6.26 Å². The summed E-state index contributed by atoms with van der Waals surface area (Å²) >= 11 is 0. The Morgan fingerprint density at radius 2 is 2.43 bits per heavy atom. The van der Waals surface area contributed by atoms with Gasteiger partial charge in [-0.2, -0.15) is 0 Å². The average molecular weight is 192 g/mol. The zero-order chi connectivity index (χ0) is 9.64. The molecule has 0 spiro atoms. The van der Waals surface area contributed by atoms with E-state index in [0.29, 0.717) is 0 Å². The van der Waals surface area contributed by atoms with Gasteiger partial charge in [0.1, 0.15) is 5.76 Å². The molecule has 0 unspecified atom stereocenters. The van der Waals surface area contributed by atoms with E-state index in [4.69, 9.17) is 4.42 Å². The van der Waals surface area contributed by atoms with Crippen LogP contribution in [0.1, 0.15) is 25.0 Å². The number of furan rings is 1. The lowest BCUT2D eigenvalue weighted by Crippen LogP contribution is -2.27. The van der Waals surface area contributed by atoms with E-state index in [1.165, 1.54) is 18.7 Å². The molecule has 3 nitrogen and oxygen atoms in total. The quantitative estimate of drug-likeness (QED) is 0.795. The van der Waals surface area contributed by atoms with Crippen molar-refractivity contribution in [2.75, 3.05) is 13.1 Å². The Balaban J connectivity index is 1.70. The van der Waals surface area contributed by atoms with Gasteiger partial charge in [0.2, 0.25) is 0 Å². The van der Waals surface area contributed by atoms with Crippen LogP contribution in [0.3, 0.4) is 0 Å². The second-order valence-corrected chi connectivity index (χ2v) is 3.54. The fourth-order valence-electron chi connectivity index (χ4n) is 1.63. The molecule has 14 heavy (non-hydrogen) atoms. The third-order valence-corrected chi connectivity index (χ3v) is 2.40. The highest BCUT2D eigenvalue weighted by Gasteiger charge is 2.04. The van der Waals surface area contributed by atoms with Crippen molar-refractivity contribution in [2.45, 2.75) is 25.7 Å². The topological polar surface area (TPSA) is 37.5 Å². The standard InChI is InChI=1S/C11H16N2O/c1-2-7-12-11(5-1)13-8-6-10-4-3-9-14-10/h3-4,9H,1-2,5-8H2,(H,12,13). The van der Waals surface area contributed by atoms with Crippen molar-refractivity contribution in [3.8, 4) is 0 Å².